The molecule has 7 nitrogen and oxygen atoms in total. The number of nitrogens with two attached hydrogens (primary N) is 1. The van der Waals surface area contributed by atoms with Gasteiger partial charge in [-0.3, -0.25) is 4.79 Å². The van der Waals surface area contributed by atoms with E-state index in [9.17, 15) is 19.5 Å². The van der Waals surface area contributed by atoms with Gasteiger partial charge in [0.05, 0.1) is 6.04 Å². The summed E-state index contributed by atoms with van der Waals surface area (Å²) in [7, 11) is 0. The van der Waals surface area contributed by atoms with Crippen molar-refractivity contribution >= 4 is 18.0 Å². The largest absolute Gasteiger partial charge is 0.480 e. The van der Waals surface area contributed by atoms with E-state index in [0.29, 0.717) is 11.3 Å². The van der Waals surface area contributed by atoms with Crippen molar-refractivity contribution in [2.45, 2.75) is 66.2 Å². The first kappa shape index (κ1) is 23.6. The molecule has 0 heterocycles. The second kappa shape index (κ2) is 10.2. The lowest BCUT2D eigenvalue weighted by molar-refractivity contribution is -0.150. The molecular formula is C21H32N2O5. The molecule has 0 unspecified atom stereocenters. The van der Waals surface area contributed by atoms with E-state index in [4.69, 9.17) is 10.5 Å². The topological polar surface area (TPSA) is 110 Å². The Morgan fingerprint density at radius 1 is 1.14 bits per heavy atom. The molecule has 0 aliphatic carbocycles. The second-order valence-corrected chi connectivity index (χ2v) is 8.60. The van der Waals surface area contributed by atoms with Crippen molar-refractivity contribution in [3.05, 3.63) is 35.9 Å². The molecule has 156 valence electrons. The fourth-order valence-electron chi connectivity index (χ4n) is 2.82. The van der Waals surface area contributed by atoms with Crippen molar-refractivity contribution in [3.63, 3.8) is 0 Å². The third-order valence-electron chi connectivity index (χ3n) is 4.08. The van der Waals surface area contributed by atoms with E-state index in [0.717, 1.165) is 5.56 Å². The van der Waals surface area contributed by atoms with Crippen molar-refractivity contribution < 1.29 is 24.2 Å². The zero-order chi connectivity index (χ0) is 21.5. The maximum Gasteiger partial charge on any atom is 0.417 e. The van der Waals surface area contributed by atoms with Crippen LogP contribution in [0.15, 0.2) is 30.3 Å². The Morgan fingerprint density at radius 3 is 2.18 bits per heavy atom. The lowest BCUT2D eigenvalue weighted by Gasteiger charge is -2.32. The number of hydrogen-bond donors (Lipinski definition) is 2. The van der Waals surface area contributed by atoms with Crippen LogP contribution >= 0.6 is 0 Å². The molecule has 1 aromatic rings. The number of carboxylic acids is 1. The quantitative estimate of drug-likeness (QED) is 0.701. The van der Waals surface area contributed by atoms with Crippen LogP contribution in [0.1, 0.15) is 53.0 Å². The minimum Gasteiger partial charge on any atom is -0.480 e. The van der Waals surface area contributed by atoms with Crippen LogP contribution in [0.3, 0.4) is 0 Å². The number of carboxylic acid groups (broad SMARTS) is 1. The molecule has 1 rings (SSSR count). The van der Waals surface area contributed by atoms with E-state index in [1.807, 2.05) is 40.7 Å². The molecule has 0 radical (unpaired) electrons. The number of hydrogen-bond acceptors (Lipinski definition) is 5. The minimum absolute atomic E-state index is 0.0648. The molecule has 0 saturated carbocycles. The Kier molecular flexibility index (Phi) is 8.63. The number of nitrogens with zero attached hydrogens (tertiary/aromatic N) is 1. The number of imide groups is 1. The first-order valence-electron chi connectivity index (χ1n) is 9.44. The van der Waals surface area contributed by atoms with E-state index < -0.39 is 35.5 Å². The number of ether oxygens (including phenoxy) is 1. The van der Waals surface area contributed by atoms with Crippen LogP contribution in [0.2, 0.25) is 0 Å². The molecule has 0 aromatic heterocycles. The summed E-state index contributed by atoms with van der Waals surface area (Å²) in [5.74, 6) is -1.88. The van der Waals surface area contributed by atoms with Gasteiger partial charge in [-0.05, 0) is 29.7 Å². The average Bonchev–Trinajstić information content (AvgIpc) is 2.58. The van der Waals surface area contributed by atoms with Gasteiger partial charge in [0, 0.05) is 0 Å². The van der Waals surface area contributed by atoms with Gasteiger partial charge in [-0.15, -0.1) is 0 Å². The first-order valence-corrected chi connectivity index (χ1v) is 9.44. The number of aliphatic carboxylic acids is 1. The third-order valence-corrected chi connectivity index (χ3v) is 4.08. The molecule has 0 aliphatic rings. The van der Waals surface area contributed by atoms with Crippen LogP contribution in [-0.4, -0.2) is 40.1 Å². The fourth-order valence-corrected chi connectivity index (χ4v) is 2.82. The molecular weight excluding hydrogens is 360 g/mol. The van der Waals surface area contributed by atoms with E-state index in [-0.39, 0.29) is 18.9 Å². The smallest absolute Gasteiger partial charge is 0.417 e. The summed E-state index contributed by atoms with van der Waals surface area (Å²) in [5.41, 5.74) is 6.28. The van der Waals surface area contributed by atoms with Crippen molar-refractivity contribution in [1.82, 2.24) is 4.90 Å². The van der Waals surface area contributed by atoms with Crippen molar-refractivity contribution in [1.29, 1.82) is 0 Å². The maximum absolute atomic E-state index is 12.9. The first-order chi connectivity index (χ1) is 12.9. The molecule has 28 heavy (non-hydrogen) atoms. The molecule has 2 amide bonds. The molecule has 0 saturated heterocycles. The number of carbonyl (C=O) groups excluding carboxylic acids is 2. The number of amides is 2. The molecule has 7 heteroatoms. The third kappa shape index (κ3) is 7.68. The summed E-state index contributed by atoms with van der Waals surface area (Å²) in [6, 6.07) is 6.63. The summed E-state index contributed by atoms with van der Waals surface area (Å²) in [4.78, 5) is 38.2. The Hall–Kier alpha value is -2.41. The van der Waals surface area contributed by atoms with Gasteiger partial charge in [0.25, 0.3) is 0 Å². The average molecular weight is 392 g/mol. The second-order valence-electron chi connectivity index (χ2n) is 8.60. The molecule has 0 fully saturated rings. The zero-order valence-corrected chi connectivity index (χ0v) is 17.3. The van der Waals surface area contributed by atoms with Gasteiger partial charge in [0.15, 0.2) is 0 Å². The summed E-state index contributed by atoms with van der Waals surface area (Å²) < 4.78 is 5.26. The van der Waals surface area contributed by atoms with Crippen LogP contribution in [0, 0.1) is 11.3 Å². The lowest BCUT2D eigenvalue weighted by atomic mass is 9.87. The van der Waals surface area contributed by atoms with E-state index >= 15 is 0 Å². The minimum atomic E-state index is -1.35. The predicted octanol–water partition coefficient (Wildman–Crippen LogP) is 3.41. The molecule has 2 atom stereocenters. The van der Waals surface area contributed by atoms with E-state index in [2.05, 4.69) is 0 Å². The standard InChI is InChI=1S/C21H32N2O5/c1-14(2)11-16(22)18(24)23(17(19(25)26)12-21(3,4)5)20(27)28-13-15-9-7-6-8-10-15/h6-10,14,16-17H,11-13,22H2,1-5H3,(H,25,26)/t16-,17+/m1/s1. The number of carbonyl (C=O) groups is 3. The Balaban J connectivity index is 3.11. The van der Waals surface area contributed by atoms with E-state index in [1.165, 1.54) is 0 Å². The molecule has 0 bridgehead atoms. The Morgan fingerprint density at radius 2 is 1.71 bits per heavy atom. The normalized spacial score (nSPS) is 13.7. The summed E-state index contributed by atoms with van der Waals surface area (Å²) >= 11 is 0. The van der Waals surface area contributed by atoms with E-state index in [1.54, 1.807) is 24.3 Å². The highest BCUT2D eigenvalue weighted by Gasteiger charge is 2.40. The molecule has 0 aliphatic heterocycles. The van der Waals surface area contributed by atoms with Crippen LogP contribution in [0.5, 0.6) is 0 Å². The highest BCUT2D eigenvalue weighted by molar-refractivity contribution is 5.98. The number of rotatable bonds is 8. The van der Waals surface area contributed by atoms with Crippen molar-refractivity contribution in [2.24, 2.45) is 17.1 Å². The van der Waals surface area contributed by atoms with Gasteiger partial charge in [0.1, 0.15) is 12.6 Å². The van der Waals surface area contributed by atoms with Gasteiger partial charge in [-0.25, -0.2) is 14.5 Å². The van der Waals surface area contributed by atoms with Gasteiger partial charge in [0.2, 0.25) is 5.91 Å². The van der Waals surface area contributed by atoms with Crippen LogP contribution in [0.4, 0.5) is 4.79 Å². The maximum atomic E-state index is 12.9. The van der Waals surface area contributed by atoms with Gasteiger partial charge in [-0.2, -0.15) is 0 Å². The monoisotopic (exact) mass is 392 g/mol. The van der Waals surface area contributed by atoms with Crippen LogP contribution in [0.25, 0.3) is 0 Å². The predicted molar refractivity (Wildman–Crippen MR) is 106 cm³/mol. The highest BCUT2D eigenvalue weighted by atomic mass is 16.6. The summed E-state index contributed by atoms with van der Waals surface area (Å²) in [5, 5.41) is 9.71. The molecule has 0 spiro atoms. The highest BCUT2D eigenvalue weighted by Crippen LogP contribution is 2.25. The fraction of sp³-hybridized carbons (Fsp3) is 0.571. The van der Waals surface area contributed by atoms with Crippen molar-refractivity contribution in [3.8, 4) is 0 Å². The summed E-state index contributed by atoms with van der Waals surface area (Å²) in [6.45, 7) is 9.26. The zero-order valence-electron chi connectivity index (χ0n) is 17.3. The number of benzene rings is 1. The lowest BCUT2D eigenvalue weighted by Crippen LogP contribution is -2.55. The van der Waals surface area contributed by atoms with Crippen LogP contribution in [-0.2, 0) is 20.9 Å². The van der Waals surface area contributed by atoms with Gasteiger partial charge in [-0.1, -0.05) is 65.0 Å². The van der Waals surface area contributed by atoms with Gasteiger partial charge < -0.3 is 15.6 Å². The van der Waals surface area contributed by atoms with Crippen LogP contribution < -0.4 is 5.73 Å². The molecule has 3 N–H and O–H groups in total. The van der Waals surface area contributed by atoms with Crippen molar-refractivity contribution in [2.75, 3.05) is 0 Å². The Bertz CT molecular complexity index is 667. The Labute approximate surface area is 166 Å². The molecule has 1 aromatic carbocycles. The SMILES string of the molecule is CC(C)C[C@@H](N)C(=O)N(C(=O)OCc1ccccc1)[C@@H](CC(C)(C)C)C(=O)O. The van der Waals surface area contributed by atoms with Gasteiger partial charge >= 0.3 is 12.1 Å². The summed E-state index contributed by atoms with van der Waals surface area (Å²) in [6.07, 6.45) is -0.573.